The minimum Gasteiger partial charge on any atom is -0.384 e. The number of hydrogen-bond donors (Lipinski definition) is 1. The molecule has 3 heterocycles. The summed E-state index contributed by atoms with van der Waals surface area (Å²) in [6.45, 7) is 14.1. The summed E-state index contributed by atoms with van der Waals surface area (Å²) in [6.07, 6.45) is 1.86. The molecule has 120 valence electrons. The Morgan fingerprint density at radius 2 is 1.67 bits per heavy atom. The predicted molar refractivity (Wildman–Crippen MR) is 89.7 cm³/mol. The number of hydrogen-bond acceptors (Lipinski definition) is 5. The van der Waals surface area contributed by atoms with Gasteiger partial charge in [-0.05, 0) is 12.1 Å². The van der Waals surface area contributed by atoms with E-state index >= 15 is 0 Å². The third-order valence-corrected chi connectivity index (χ3v) is 3.59. The number of aromatic nitrogens is 1. The lowest BCUT2D eigenvalue weighted by Crippen LogP contribution is -2.56. The maximum atomic E-state index is 5.59. The van der Waals surface area contributed by atoms with Crippen LogP contribution in [-0.4, -0.2) is 55.3 Å². The van der Waals surface area contributed by atoms with Gasteiger partial charge in [-0.25, -0.2) is 4.98 Å². The Bertz CT molecular complexity index is 370. The van der Waals surface area contributed by atoms with E-state index in [2.05, 4.69) is 14.8 Å². The summed E-state index contributed by atoms with van der Waals surface area (Å²) in [4.78, 5) is 9.02. The van der Waals surface area contributed by atoms with E-state index in [9.17, 15) is 0 Å². The number of nitrogen functional groups attached to an aromatic ring is 1. The third-order valence-electron chi connectivity index (χ3n) is 3.59. The van der Waals surface area contributed by atoms with Crippen molar-refractivity contribution < 1.29 is 4.74 Å². The topological polar surface area (TPSA) is 54.6 Å². The van der Waals surface area contributed by atoms with Crippen molar-refractivity contribution in [2.45, 2.75) is 33.7 Å². The molecule has 0 unspecified atom stereocenters. The van der Waals surface area contributed by atoms with Gasteiger partial charge in [0.15, 0.2) is 0 Å². The fourth-order valence-corrected chi connectivity index (χ4v) is 2.36. The number of anilines is 2. The van der Waals surface area contributed by atoms with Crippen molar-refractivity contribution in [3.05, 3.63) is 18.3 Å². The summed E-state index contributed by atoms with van der Waals surface area (Å²) in [6, 6.07) is 4.56. The van der Waals surface area contributed by atoms with Crippen LogP contribution >= 0.6 is 0 Å². The van der Waals surface area contributed by atoms with Crippen LogP contribution in [0.25, 0.3) is 0 Å². The van der Waals surface area contributed by atoms with Gasteiger partial charge in [-0.3, -0.25) is 4.90 Å². The molecule has 0 aromatic carbocycles. The molecule has 0 aliphatic carbocycles. The molecule has 0 spiro atoms. The van der Waals surface area contributed by atoms with Crippen molar-refractivity contribution in [2.75, 3.05) is 50.0 Å². The Hall–Kier alpha value is -1.33. The van der Waals surface area contributed by atoms with Crippen LogP contribution in [0.2, 0.25) is 0 Å². The second-order valence-corrected chi connectivity index (χ2v) is 4.66. The zero-order valence-electron chi connectivity index (χ0n) is 13.9. The Labute approximate surface area is 129 Å². The van der Waals surface area contributed by atoms with Crippen LogP contribution in [0.1, 0.15) is 27.7 Å². The van der Waals surface area contributed by atoms with Gasteiger partial charge in [-0.2, -0.15) is 0 Å². The minimum atomic E-state index is 0.582. The van der Waals surface area contributed by atoms with E-state index in [1.165, 1.54) is 5.69 Å². The number of nitrogens with zero attached hydrogens (tertiary/aromatic N) is 3. The number of pyridine rings is 1. The van der Waals surface area contributed by atoms with Crippen LogP contribution < -0.4 is 10.6 Å². The summed E-state index contributed by atoms with van der Waals surface area (Å²) >= 11 is 0. The molecule has 0 amide bonds. The van der Waals surface area contributed by atoms with Gasteiger partial charge in [0, 0.05) is 26.2 Å². The molecule has 0 atom stereocenters. The van der Waals surface area contributed by atoms with Crippen molar-refractivity contribution in [3.63, 3.8) is 0 Å². The van der Waals surface area contributed by atoms with Gasteiger partial charge in [0.05, 0.1) is 31.1 Å². The summed E-state index contributed by atoms with van der Waals surface area (Å²) in [5.74, 6) is 0.582. The van der Waals surface area contributed by atoms with E-state index < -0.39 is 0 Å². The second kappa shape index (κ2) is 9.58. The summed E-state index contributed by atoms with van der Waals surface area (Å²) in [5.41, 5.74) is 6.76. The first kappa shape index (κ1) is 17.7. The fourth-order valence-electron chi connectivity index (χ4n) is 2.36. The zero-order valence-corrected chi connectivity index (χ0v) is 13.9. The highest BCUT2D eigenvalue weighted by molar-refractivity contribution is 5.48. The zero-order chi connectivity index (χ0) is 15.7. The molecule has 5 nitrogen and oxygen atoms in total. The molecule has 5 heteroatoms. The first-order valence-corrected chi connectivity index (χ1v) is 8.11. The summed E-state index contributed by atoms with van der Waals surface area (Å²) in [7, 11) is 0. The Morgan fingerprint density at radius 1 is 1.05 bits per heavy atom. The van der Waals surface area contributed by atoms with Crippen LogP contribution in [0.4, 0.5) is 11.5 Å². The molecule has 2 aliphatic rings. The van der Waals surface area contributed by atoms with Crippen molar-refractivity contribution in [1.82, 2.24) is 9.88 Å². The molecule has 0 radical (unpaired) electrons. The number of nitrogens with two attached hydrogens (primary N) is 1. The van der Waals surface area contributed by atoms with Crippen molar-refractivity contribution in [3.8, 4) is 0 Å². The van der Waals surface area contributed by atoms with Crippen molar-refractivity contribution in [1.29, 1.82) is 0 Å². The molecular formula is C16H30N4O. The Morgan fingerprint density at radius 3 is 2.10 bits per heavy atom. The highest BCUT2D eigenvalue weighted by Crippen LogP contribution is 2.18. The van der Waals surface area contributed by atoms with E-state index in [1.807, 2.05) is 46.0 Å². The van der Waals surface area contributed by atoms with Crippen LogP contribution in [0.3, 0.4) is 0 Å². The SMILES string of the molecule is CC.CC.Nc1ccc(N2CCN(C3COC3)CC2)cn1. The standard InChI is InChI=1S/C12H18N4O.2C2H6/c13-12-2-1-10(7-14-12)15-3-5-16(6-4-15)11-8-17-9-11;2*1-2/h1-2,7,11H,3-6,8-9H2,(H2,13,14);2*1-2H3. The third kappa shape index (κ3) is 4.86. The van der Waals surface area contributed by atoms with Crippen LogP contribution in [0.15, 0.2) is 18.3 Å². The minimum absolute atomic E-state index is 0.582. The van der Waals surface area contributed by atoms with Gasteiger partial charge < -0.3 is 15.4 Å². The average Bonchev–Trinajstić information content (AvgIpc) is 2.51. The van der Waals surface area contributed by atoms with E-state index in [4.69, 9.17) is 10.5 Å². The first-order valence-electron chi connectivity index (χ1n) is 8.11. The van der Waals surface area contributed by atoms with E-state index in [1.54, 1.807) is 0 Å². The van der Waals surface area contributed by atoms with E-state index in [-0.39, 0.29) is 0 Å². The van der Waals surface area contributed by atoms with Gasteiger partial charge in [-0.15, -0.1) is 0 Å². The molecule has 2 saturated heterocycles. The molecular weight excluding hydrogens is 264 g/mol. The molecule has 2 N–H and O–H groups in total. The first-order chi connectivity index (χ1) is 10.3. The molecule has 2 aliphatic heterocycles. The normalized spacial score (nSPS) is 18.8. The van der Waals surface area contributed by atoms with Gasteiger partial charge in [0.1, 0.15) is 5.82 Å². The molecule has 21 heavy (non-hydrogen) atoms. The highest BCUT2D eigenvalue weighted by atomic mass is 16.5. The number of ether oxygens (including phenoxy) is 1. The average molecular weight is 294 g/mol. The molecule has 1 aromatic heterocycles. The number of rotatable bonds is 2. The lowest BCUT2D eigenvalue weighted by Gasteiger charge is -2.43. The van der Waals surface area contributed by atoms with Crippen molar-refractivity contribution >= 4 is 11.5 Å². The smallest absolute Gasteiger partial charge is 0.123 e. The van der Waals surface area contributed by atoms with E-state index in [0.29, 0.717) is 11.9 Å². The predicted octanol–water partition coefficient (Wildman–Crippen LogP) is 2.24. The van der Waals surface area contributed by atoms with Crippen LogP contribution in [0.5, 0.6) is 0 Å². The Kier molecular flexibility index (Phi) is 8.08. The Balaban J connectivity index is 0.000000510. The monoisotopic (exact) mass is 294 g/mol. The quantitative estimate of drug-likeness (QED) is 0.906. The highest BCUT2D eigenvalue weighted by Gasteiger charge is 2.28. The number of piperazine rings is 1. The van der Waals surface area contributed by atoms with Gasteiger partial charge in [0.25, 0.3) is 0 Å². The molecule has 1 aromatic rings. The fraction of sp³-hybridized carbons (Fsp3) is 0.688. The second-order valence-electron chi connectivity index (χ2n) is 4.66. The molecule has 0 bridgehead atoms. The van der Waals surface area contributed by atoms with Crippen molar-refractivity contribution in [2.24, 2.45) is 0 Å². The molecule has 0 saturated carbocycles. The summed E-state index contributed by atoms with van der Waals surface area (Å²) in [5, 5.41) is 0. The lowest BCUT2D eigenvalue weighted by molar-refractivity contribution is -0.0660. The maximum Gasteiger partial charge on any atom is 0.123 e. The lowest BCUT2D eigenvalue weighted by atomic mass is 10.2. The molecule has 2 fully saturated rings. The van der Waals surface area contributed by atoms with Gasteiger partial charge >= 0.3 is 0 Å². The van der Waals surface area contributed by atoms with Crippen LogP contribution in [0, 0.1) is 0 Å². The molecule has 3 rings (SSSR count). The van der Waals surface area contributed by atoms with Gasteiger partial charge in [-0.1, -0.05) is 27.7 Å². The largest absolute Gasteiger partial charge is 0.384 e. The summed E-state index contributed by atoms with van der Waals surface area (Å²) < 4.78 is 5.23. The van der Waals surface area contributed by atoms with Crippen LogP contribution in [-0.2, 0) is 4.74 Å². The van der Waals surface area contributed by atoms with Gasteiger partial charge in [0.2, 0.25) is 0 Å². The maximum absolute atomic E-state index is 5.59. The van der Waals surface area contributed by atoms with E-state index in [0.717, 1.165) is 39.4 Å².